The molecule has 2 heterocycles. The molecule has 7 heteroatoms. The number of imidazole rings is 1. The normalized spacial score (nSPS) is 13.4. The molecule has 0 amide bonds. The van der Waals surface area contributed by atoms with Gasteiger partial charge >= 0.3 is 5.69 Å². The third-order valence-corrected chi connectivity index (χ3v) is 5.54. The summed E-state index contributed by atoms with van der Waals surface area (Å²) < 4.78 is 9.53. The van der Waals surface area contributed by atoms with Crippen LogP contribution in [-0.2, 0) is 20.1 Å². The smallest absolute Gasteiger partial charge is 0.333 e. The van der Waals surface area contributed by atoms with Gasteiger partial charge in [-0.05, 0) is 42.9 Å². The fraction of sp³-hybridized carbons (Fsp3) is 0.348. The van der Waals surface area contributed by atoms with E-state index in [4.69, 9.17) is 11.2 Å². The largest absolute Gasteiger partial charge is 0.497 e. The Morgan fingerprint density at radius 2 is 2.03 bits per heavy atom. The number of rotatable bonds is 4. The number of aryl methyl sites for hydroxylation is 1. The van der Waals surface area contributed by atoms with Crippen molar-refractivity contribution >= 4 is 11.2 Å². The van der Waals surface area contributed by atoms with Gasteiger partial charge in [-0.2, -0.15) is 0 Å². The zero-order valence-corrected chi connectivity index (χ0v) is 17.0. The van der Waals surface area contributed by atoms with Crippen molar-refractivity contribution in [1.82, 2.24) is 18.7 Å². The number of terminal acetylenes is 1. The highest BCUT2D eigenvalue weighted by atomic mass is 16.5. The van der Waals surface area contributed by atoms with E-state index in [2.05, 4.69) is 22.7 Å². The van der Waals surface area contributed by atoms with Gasteiger partial charge in [0.25, 0.3) is 5.56 Å². The van der Waals surface area contributed by atoms with Gasteiger partial charge in [-0.3, -0.25) is 9.36 Å². The van der Waals surface area contributed by atoms with Crippen molar-refractivity contribution in [2.24, 2.45) is 13.0 Å². The predicted molar refractivity (Wildman–Crippen MR) is 114 cm³/mol. The second-order valence-electron chi connectivity index (χ2n) is 7.43. The van der Waals surface area contributed by atoms with Crippen LogP contribution in [0.4, 0.5) is 0 Å². The molecule has 152 valence electrons. The Labute approximate surface area is 173 Å². The molecule has 0 N–H and O–H groups in total. The molecule has 30 heavy (non-hydrogen) atoms. The number of methoxy groups -OCH3 is 1. The fourth-order valence-corrected chi connectivity index (χ4v) is 3.64. The van der Waals surface area contributed by atoms with Crippen LogP contribution in [0.15, 0.2) is 33.9 Å². The third-order valence-electron chi connectivity index (χ3n) is 5.54. The van der Waals surface area contributed by atoms with E-state index >= 15 is 0 Å². The molecule has 1 saturated carbocycles. The number of fused-ring (bicyclic) bond motifs is 1. The zero-order valence-electron chi connectivity index (χ0n) is 17.0. The van der Waals surface area contributed by atoms with Crippen molar-refractivity contribution in [2.45, 2.75) is 32.4 Å². The average molecular weight is 402 g/mol. The molecule has 0 radical (unpaired) electrons. The molecular weight excluding hydrogens is 380 g/mol. The maximum absolute atomic E-state index is 13.1. The number of ether oxygens (including phenoxy) is 1. The summed E-state index contributed by atoms with van der Waals surface area (Å²) in [5, 5.41) is 0. The van der Waals surface area contributed by atoms with Crippen molar-refractivity contribution in [3.05, 3.63) is 56.5 Å². The quantitative estimate of drug-likeness (QED) is 0.624. The highest BCUT2D eigenvalue weighted by molar-refractivity contribution is 5.72. The molecule has 7 nitrogen and oxygen atoms in total. The minimum atomic E-state index is -0.481. The highest BCUT2D eigenvalue weighted by Crippen LogP contribution is 2.29. The van der Waals surface area contributed by atoms with Crippen LogP contribution >= 0.6 is 0 Å². The maximum Gasteiger partial charge on any atom is 0.333 e. The maximum atomic E-state index is 13.1. The first-order valence-electron chi connectivity index (χ1n) is 9.83. The van der Waals surface area contributed by atoms with Crippen molar-refractivity contribution in [3.8, 4) is 29.9 Å². The lowest BCUT2D eigenvalue weighted by molar-refractivity contribution is 0.278. The second kappa shape index (κ2) is 7.96. The molecule has 0 saturated heterocycles. The molecule has 0 bridgehead atoms. The van der Waals surface area contributed by atoms with E-state index in [1.165, 1.54) is 11.0 Å². The molecule has 4 rings (SSSR count). The van der Waals surface area contributed by atoms with E-state index < -0.39 is 11.2 Å². The Hall–Kier alpha value is -3.71. The fourth-order valence-electron chi connectivity index (χ4n) is 3.64. The SMILES string of the molecule is C#CCn1c(=O)c2c(nc(C#Cc3cccc(OC)c3)n2CC2CCC2)n(C)c1=O. The first-order valence-corrected chi connectivity index (χ1v) is 9.83. The Morgan fingerprint density at radius 1 is 1.23 bits per heavy atom. The van der Waals surface area contributed by atoms with E-state index in [-0.39, 0.29) is 6.54 Å². The Morgan fingerprint density at radius 3 is 2.70 bits per heavy atom. The van der Waals surface area contributed by atoms with Gasteiger partial charge in [0.2, 0.25) is 0 Å². The molecule has 0 spiro atoms. The third kappa shape index (κ3) is 3.40. The van der Waals surface area contributed by atoms with Crippen LogP contribution < -0.4 is 16.0 Å². The van der Waals surface area contributed by atoms with Crippen molar-refractivity contribution < 1.29 is 4.74 Å². The molecule has 0 unspecified atom stereocenters. The number of aromatic nitrogens is 4. The van der Waals surface area contributed by atoms with E-state index in [1.807, 2.05) is 28.8 Å². The lowest BCUT2D eigenvalue weighted by Gasteiger charge is -2.26. The molecular formula is C23H22N4O3. The van der Waals surface area contributed by atoms with Crippen LogP contribution in [0.2, 0.25) is 0 Å². The van der Waals surface area contributed by atoms with Gasteiger partial charge in [-0.1, -0.05) is 24.3 Å². The van der Waals surface area contributed by atoms with Crippen LogP contribution in [0.5, 0.6) is 5.75 Å². The molecule has 1 fully saturated rings. The highest BCUT2D eigenvalue weighted by Gasteiger charge is 2.24. The van der Waals surface area contributed by atoms with Crippen molar-refractivity contribution in [3.63, 3.8) is 0 Å². The van der Waals surface area contributed by atoms with Crippen LogP contribution in [0.25, 0.3) is 11.2 Å². The summed E-state index contributed by atoms with van der Waals surface area (Å²) in [5.74, 6) is 10.2. The average Bonchev–Trinajstić information content (AvgIpc) is 3.09. The van der Waals surface area contributed by atoms with Gasteiger partial charge in [0.1, 0.15) is 5.75 Å². The lowest BCUT2D eigenvalue weighted by Crippen LogP contribution is -2.39. The number of hydrogen-bond acceptors (Lipinski definition) is 4. The number of nitrogens with zero attached hydrogens (tertiary/aromatic N) is 4. The lowest BCUT2D eigenvalue weighted by atomic mass is 9.85. The van der Waals surface area contributed by atoms with Crippen molar-refractivity contribution in [1.29, 1.82) is 0 Å². The van der Waals surface area contributed by atoms with E-state index in [1.54, 1.807) is 14.2 Å². The Kier molecular flexibility index (Phi) is 5.20. The van der Waals surface area contributed by atoms with Crippen LogP contribution in [0.3, 0.4) is 0 Å². The molecule has 1 aromatic carbocycles. The van der Waals surface area contributed by atoms with Gasteiger partial charge < -0.3 is 9.30 Å². The van der Waals surface area contributed by atoms with Crippen molar-refractivity contribution in [2.75, 3.05) is 7.11 Å². The van der Waals surface area contributed by atoms with Crippen LogP contribution in [-0.4, -0.2) is 25.8 Å². The first kappa shape index (κ1) is 19.6. The Balaban J connectivity index is 1.92. The molecule has 1 aliphatic rings. The van der Waals surface area contributed by atoms with Crippen LogP contribution in [0, 0.1) is 30.1 Å². The summed E-state index contributed by atoms with van der Waals surface area (Å²) in [5.41, 5.74) is 0.565. The van der Waals surface area contributed by atoms with E-state index in [0.29, 0.717) is 35.2 Å². The molecule has 3 aromatic rings. The predicted octanol–water partition coefficient (Wildman–Crippen LogP) is 1.74. The topological polar surface area (TPSA) is 71.1 Å². The van der Waals surface area contributed by atoms with Crippen LogP contribution in [0.1, 0.15) is 30.7 Å². The Bertz CT molecular complexity index is 1340. The molecule has 0 atom stereocenters. The minimum Gasteiger partial charge on any atom is -0.497 e. The summed E-state index contributed by atoms with van der Waals surface area (Å²) in [6.45, 7) is 0.559. The summed E-state index contributed by atoms with van der Waals surface area (Å²) >= 11 is 0. The zero-order chi connectivity index (χ0) is 21.3. The number of hydrogen-bond donors (Lipinski definition) is 0. The van der Waals surface area contributed by atoms with E-state index in [9.17, 15) is 9.59 Å². The number of benzene rings is 1. The molecule has 2 aromatic heterocycles. The summed E-state index contributed by atoms with van der Waals surface area (Å²) in [6, 6.07) is 7.43. The van der Waals surface area contributed by atoms with Gasteiger partial charge in [0.15, 0.2) is 17.0 Å². The van der Waals surface area contributed by atoms with Gasteiger partial charge in [-0.25, -0.2) is 14.3 Å². The molecule has 0 aliphatic heterocycles. The second-order valence-corrected chi connectivity index (χ2v) is 7.43. The minimum absolute atomic E-state index is 0.0825. The van der Waals surface area contributed by atoms with Gasteiger partial charge in [-0.15, -0.1) is 6.42 Å². The summed E-state index contributed by atoms with van der Waals surface area (Å²) in [7, 11) is 3.20. The van der Waals surface area contributed by atoms with Gasteiger partial charge in [0.05, 0.1) is 13.7 Å². The standard InChI is InChI=1S/C23H22N4O3/c1-4-13-26-22(28)20-21(25(2)23(26)29)24-19(27(20)15-17-8-5-9-17)12-11-16-7-6-10-18(14-16)30-3/h1,6-7,10,14,17H,5,8-9,13,15H2,2-3H3. The molecule has 1 aliphatic carbocycles. The summed E-state index contributed by atoms with van der Waals surface area (Å²) in [6.07, 6.45) is 8.76. The summed E-state index contributed by atoms with van der Waals surface area (Å²) in [4.78, 5) is 30.2. The van der Waals surface area contributed by atoms with Gasteiger partial charge in [0, 0.05) is 19.2 Å². The van der Waals surface area contributed by atoms with E-state index in [0.717, 1.165) is 23.0 Å². The monoisotopic (exact) mass is 402 g/mol. The first-order chi connectivity index (χ1) is 14.5.